The monoisotopic (exact) mass is 415 g/mol. The van der Waals surface area contributed by atoms with Crippen LogP contribution in [-0.4, -0.2) is 16.1 Å². The van der Waals surface area contributed by atoms with E-state index in [1.54, 1.807) is 5.38 Å². The van der Waals surface area contributed by atoms with E-state index >= 15 is 0 Å². The molecule has 5 nitrogen and oxygen atoms in total. The number of nitrogens with zero attached hydrogens (tertiary/aromatic N) is 1. The van der Waals surface area contributed by atoms with Gasteiger partial charge in [0.2, 0.25) is 0 Å². The van der Waals surface area contributed by atoms with E-state index in [1.807, 2.05) is 54.6 Å². The molecule has 4 rings (SSSR count). The van der Waals surface area contributed by atoms with Crippen LogP contribution < -0.4 is 11.1 Å². The van der Waals surface area contributed by atoms with Gasteiger partial charge in [-0.15, -0.1) is 11.3 Å². The molecule has 0 saturated heterocycles. The van der Waals surface area contributed by atoms with Crippen molar-refractivity contribution >= 4 is 22.4 Å². The highest BCUT2D eigenvalue weighted by atomic mass is 32.1. The van der Waals surface area contributed by atoms with Gasteiger partial charge in [0, 0.05) is 5.38 Å². The van der Waals surface area contributed by atoms with Crippen molar-refractivity contribution in [2.45, 2.75) is 11.6 Å². The third-order valence-electron chi connectivity index (χ3n) is 5.02. The lowest BCUT2D eigenvalue weighted by molar-refractivity contribution is -0.138. The minimum atomic E-state index is -1.16. The minimum Gasteiger partial charge on any atom is -0.480 e. The molecule has 0 amide bonds. The molecule has 0 saturated carbocycles. The maximum absolute atomic E-state index is 11.3. The van der Waals surface area contributed by atoms with Crippen LogP contribution in [0.25, 0.3) is 0 Å². The fraction of sp³-hybridized carbons (Fsp3) is 0.0833. The summed E-state index contributed by atoms with van der Waals surface area (Å²) in [5, 5.41) is 15.1. The Balaban J connectivity index is 1.91. The van der Waals surface area contributed by atoms with Gasteiger partial charge < -0.3 is 16.2 Å². The molecule has 4 aromatic rings. The second-order valence-corrected chi connectivity index (χ2v) is 7.72. The zero-order valence-electron chi connectivity index (χ0n) is 16.1. The van der Waals surface area contributed by atoms with Gasteiger partial charge in [0.15, 0.2) is 5.13 Å². The smallest absolute Gasteiger partial charge is 0.326 e. The molecule has 30 heavy (non-hydrogen) atoms. The number of benzene rings is 3. The molecule has 4 N–H and O–H groups in total. The van der Waals surface area contributed by atoms with Crippen molar-refractivity contribution in [3.05, 3.63) is 119 Å². The fourth-order valence-corrected chi connectivity index (χ4v) is 4.36. The summed E-state index contributed by atoms with van der Waals surface area (Å²) in [6.45, 7) is 0. The third-order valence-corrected chi connectivity index (χ3v) is 5.80. The summed E-state index contributed by atoms with van der Waals surface area (Å²) in [5.74, 6) is -1.10. The molecule has 1 aromatic heterocycles. The first-order valence-corrected chi connectivity index (χ1v) is 10.4. The summed E-state index contributed by atoms with van der Waals surface area (Å²) < 4.78 is 0. The maximum Gasteiger partial charge on any atom is 0.326 e. The van der Waals surface area contributed by atoms with E-state index in [0.717, 1.165) is 16.7 Å². The lowest BCUT2D eigenvalue weighted by Crippen LogP contribution is -2.38. The van der Waals surface area contributed by atoms with Gasteiger partial charge in [-0.2, -0.15) is 0 Å². The van der Waals surface area contributed by atoms with Gasteiger partial charge in [0.05, 0.1) is 5.69 Å². The molecule has 1 heterocycles. The standard InChI is InChI=1S/C24H21N3O2S/c25-21(22(28)29)20-16-30-23(26-20)27-24(17-10-4-1-5-11-17,18-12-6-2-7-13-18)19-14-8-3-9-15-19/h1-16,21H,25H2,(H,26,27)(H,28,29). The Kier molecular flexibility index (Phi) is 5.61. The molecular weight excluding hydrogens is 394 g/mol. The van der Waals surface area contributed by atoms with Crippen molar-refractivity contribution < 1.29 is 9.90 Å². The summed E-state index contributed by atoms with van der Waals surface area (Å²) in [6, 6.07) is 29.3. The van der Waals surface area contributed by atoms with Crippen LogP contribution >= 0.6 is 11.3 Å². The number of carboxylic acids is 1. The third kappa shape index (κ3) is 3.70. The fourth-order valence-electron chi connectivity index (χ4n) is 3.55. The highest BCUT2D eigenvalue weighted by molar-refractivity contribution is 7.13. The lowest BCUT2D eigenvalue weighted by atomic mass is 9.77. The highest BCUT2D eigenvalue weighted by Crippen LogP contribution is 2.40. The predicted octanol–water partition coefficient (Wildman–Crippen LogP) is 4.63. The van der Waals surface area contributed by atoms with Crippen molar-refractivity contribution in [3.63, 3.8) is 0 Å². The van der Waals surface area contributed by atoms with Crippen molar-refractivity contribution in [1.82, 2.24) is 4.98 Å². The van der Waals surface area contributed by atoms with Crippen LogP contribution in [0.3, 0.4) is 0 Å². The topological polar surface area (TPSA) is 88.2 Å². The molecule has 0 aliphatic rings. The largest absolute Gasteiger partial charge is 0.480 e. The summed E-state index contributed by atoms with van der Waals surface area (Å²) >= 11 is 1.34. The molecule has 0 aliphatic heterocycles. The van der Waals surface area contributed by atoms with Crippen LogP contribution in [0, 0.1) is 0 Å². The van der Waals surface area contributed by atoms with E-state index in [9.17, 15) is 9.90 Å². The molecule has 6 heteroatoms. The normalized spacial score (nSPS) is 12.3. The van der Waals surface area contributed by atoms with Crippen LogP contribution in [0.15, 0.2) is 96.4 Å². The van der Waals surface area contributed by atoms with Gasteiger partial charge in [-0.05, 0) is 16.7 Å². The first-order chi connectivity index (χ1) is 14.6. The van der Waals surface area contributed by atoms with Gasteiger partial charge >= 0.3 is 5.97 Å². The Morgan fingerprint density at radius 2 is 1.30 bits per heavy atom. The summed E-state index contributed by atoms with van der Waals surface area (Å²) in [5.41, 5.74) is 8.51. The van der Waals surface area contributed by atoms with E-state index in [2.05, 4.69) is 46.7 Å². The Morgan fingerprint density at radius 1 is 0.867 bits per heavy atom. The van der Waals surface area contributed by atoms with E-state index < -0.39 is 17.6 Å². The number of nitrogens with one attached hydrogen (secondary N) is 1. The molecule has 0 fully saturated rings. The minimum absolute atomic E-state index is 0.332. The second-order valence-electron chi connectivity index (χ2n) is 6.87. The average Bonchev–Trinajstić information content (AvgIpc) is 3.27. The van der Waals surface area contributed by atoms with Gasteiger partial charge in [0.25, 0.3) is 0 Å². The molecule has 1 atom stereocenters. The molecule has 0 bridgehead atoms. The molecule has 0 spiro atoms. The molecule has 0 radical (unpaired) electrons. The maximum atomic E-state index is 11.3. The number of carboxylic acid groups (broad SMARTS) is 1. The van der Waals surface area contributed by atoms with Crippen molar-refractivity contribution in [2.75, 3.05) is 5.32 Å². The van der Waals surface area contributed by atoms with Crippen molar-refractivity contribution in [2.24, 2.45) is 5.73 Å². The summed E-state index contributed by atoms with van der Waals surface area (Å²) in [4.78, 5) is 15.8. The van der Waals surface area contributed by atoms with Gasteiger partial charge in [-0.1, -0.05) is 91.0 Å². The van der Waals surface area contributed by atoms with E-state index in [0.29, 0.717) is 10.8 Å². The van der Waals surface area contributed by atoms with Gasteiger partial charge in [-0.25, -0.2) is 4.98 Å². The van der Waals surface area contributed by atoms with Crippen LogP contribution in [-0.2, 0) is 10.3 Å². The zero-order valence-corrected chi connectivity index (χ0v) is 16.9. The molecule has 3 aromatic carbocycles. The average molecular weight is 416 g/mol. The molecule has 0 aliphatic carbocycles. The van der Waals surface area contributed by atoms with Crippen LogP contribution in [0.2, 0.25) is 0 Å². The molecule has 1 unspecified atom stereocenters. The predicted molar refractivity (Wildman–Crippen MR) is 120 cm³/mol. The van der Waals surface area contributed by atoms with Crippen molar-refractivity contribution in [1.29, 1.82) is 0 Å². The number of aromatic nitrogens is 1. The first-order valence-electron chi connectivity index (χ1n) is 9.50. The molecular formula is C24H21N3O2S. The summed E-state index contributed by atoms with van der Waals surface area (Å²) in [6.07, 6.45) is 0. The number of thiazole rings is 1. The Labute approximate surface area is 178 Å². The number of hydrogen-bond donors (Lipinski definition) is 3. The van der Waals surface area contributed by atoms with Crippen LogP contribution in [0.4, 0.5) is 5.13 Å². The van der Waals surface area contributed by atoms with Crippen LogP contribution in [0.1, 0.15) is 28.4 Å². The number of rotatable bonds is 7. The van der Waals surface area contributed by atoms with E-state index in [1.165, 1.54) is 11.3 Å². The number of nitrogens with two attached hydrogens (primary N) is 1. The Bertz CT molecular complexity index is 1020. The number of carbonyl (C=O) groups is 1. The lowest BCUT2D eigenvalue weighted by Gasteiger charge is -2.36. The number of aliphatic carboxylic acids is 1. The number of hydrogen-bond acceptors (Lipinski definition) is 5. The Hall–Kier alpha value is -3.48. The molecule has 150 valence electrons. The zero-order chi connectivity index (χ0) is 21.0. The second kappa shape index (κ2) is 8.49. The van der Waals surface area contributed by atoms with E-state index in [4.69, 9.17) is 5.73 Å². The highest BCUT2D eigenvalue weighted by Gasteiger charge is 2.37. The number of anilines is 1. The van der Waals surface area contributed by atoms with E-state index in [-0.39, 0.29) is 0 Å². The first kappa shape index (κ1) is 19.8. The van der Waals surface area contributed by atoms with Gasteiger partial charge in [0.1, 0.15) is 11.6 Å². The summed E-state index contributed by atoms with van der Waals surface area (Å²) in [7, 11) is 0. The quantitative estimate of drug-likeness (QED) is 0.383. The Morgan fingerprint density at radius 3 is 1.70 bits per heavy atom. The van der Waals surface area contributed by atoms with Gasteiger partial charge in [-0.3, -0.25) is 4.79 Å². The van der Waals surface area contributed by atoms with Crippen molar-refractivity contribution in [3.8, 4) is 0 Å². The SMILES string of the molecule is NC(C(=O)O)c1csc(NC(c2ccccc2)(c2ccccc2)c2ccccc2)n1. The van der Waals surface area contributed by atoms with Crippen LogP contribution in [0.5, 0.6) is 0 Å².